The maximum absolute atomic E-state index is 13.4. The third-order valence-corrected chi connectivity index (χ3v) is 12.0. The van der Waals surface area contributed by atoms with Gasteiger partial charge in [0.25, 0.3) is 5.91 Å². The summed E-state index contributed by atoms with van der Waals surface area (Å²) < 4.78 is 11.4. The fourth-order valence-corrected chi connectivity index (χ4v) is 8.86. The van der Waals surface area contributed by atoms with Gasteiger partial charge in [-0.05, 0) is 113 Å². The van der Waals surface area contributed by atoms with Gasteiger partial charge >= 0.3 is 5.97 Å². The van der Waals surface area contributed by atoms with Crippen molar-refractivity contribution >= 4 is 46.7 Å². The highest BCUT2D eigenvalue weighted by molar-refractivity contribution is 6.04. The molecule has 56 heavy (non-hydrogen) atoms. The zero-order chi connectivity index (χ0) is 39.8. The minimum Gasteiger partial charge on any atom is -0.495 e. The Bertz CT molecular complexity index is 1680. The number of carbonyl (C=O) groups excluding carboxylic acids is 4. The second kappa shape index (κ2) is 19.2. The summed E-state index contributed by atoms with van der Waals surface area (Å²) >= 11 is 0. The minimum atomic E-state index is -0.598. The van der Waals surface area contributed by atoms with Gasteiger partial charge in [0.15, 0.2) is 5.82 Å². The number of carbonyl (C=O) groups is 4. The van der Waals surface area contributed by atoms with E-state index in [1.807, 2.05) is 39.1 Å². The van der Waals surface area contributed by atoms with Crippen LogP contribution in [-0.4, -0.2) is 97.6 Å². The van der Waals surface area contributed by atoms with Crippen LogP contribution in [0.15, 0.2) is 30.3 Å². The van der Waals surface area contributed by atoms with Crippen LogP contribution in [0.5, 0.6) is 5.75 Å². The molecule has 6 rings (SSSR count). The number of rotatable bonds is 16. The van der Waals surface area contributed by atoms with Crippen LogP contribution in [-0.2, 0) is 19.1 Å². The first-order valence-corrected chi connectivity index (χ1v) is 21.1. The van der Waals surface area contributed by atoms with E-state index in [-0.39, 0.29) is 47.8 Å². The number of methoxy groups -OCH3 is 1. The van der Waals surface area contributed by atoms with Crippen LogP contribution in [0.25, 0.3) is 0 Å². The molecular formula is C43H63N7O6. The lowest BCUT2D eigenvalue weighted by atomic mass is 10.0. The summed E-state index contributed by atoms with van der Waals surface area (Å²) in [4.78, 5) is 63.7. The van der Waals surface area contributed by atoms with Crippen LogP contribution in [0.3, 0.4) is 0 Å². The van der Waals surface area contributed by atoms with Gasteiger partial charge in [-0.15, -0.1) is 0 Å². The number of hydrogen-bond donors (Lipinski definition) is 3. The average molecular weight is 774 g/mol. The highest BCUT2D eigenvalue weighted by Gasteiger charge is 2.41. The molecule has 3 amide bonds. The Labute approximate surface area is 332 Å². The first-order chi connectivity index (χ1) is 27.0. The van der Waals surface area contributed by atoms with Gasteiger partial charge in [-0.3, -0.25) is 14.4 Å². The van der Waals surface area contributed by atoms with Crippen LogP contribution < -0.4 is 30.5 Å². The second-order valence-corrected chi connectivity index (χ2v) is 16.5. The van der Waals surface area contributed by atoms with E-state index in [9.17, 15) is 19.2 Å². The van der Waals surface area contributed by atoms with Crippen molar-refractivity contribution in [3.05, 3.63) is 35.9 Å². The van der Waals surface area contributed by atoms with Crippen LogP contribution in [0.1, 0.15) is 121 Å². The van der Waals surface area contributed by atoms with Gasteiger partial charge < -0.3 is 40.1 Å². The first-order valence-electron chi connectivity index (χ1n) is 21.1. The van der Waals surface area contributed by atoms with E-state index < -0.39 is 6.04 Å². The molecule has 0 radical (unpaired) electrons. The Hall–Kier alpha value is -4.39. The van der Waals surface area contributed by atoms with E-state index >= 15 is 0 Å². The Morgan fingerprint density at radius 3 is 2.36 bits per heavy atom. The maximum Gasteiger partial charge on any atom is 0.328 e. The predicted molar refractivity (Wildman–Crippen MR) is 219 cm³/mol. The highest BCUT2D eigenvalue weighted by Crippen LogP contribution is 2.41. The van der Waals surface area contributed by atoms with Crippen molar-refractivity contribution in [3.63, 3.8) is 0 Å². The summed E-state index contributed by atoms with van der Waals surface area (Å²) in [6.07, 6.45) is 12.4. The zero-order valence-electron chi connectivity index (χ0n) is 34.1. The molecule has 2 atom stereocenters. The van der Waals surface area contributed by atoms with E-state index in [1.165, 1.54) is 0 Å². The van der Waals surface area contributed by atoms with Crippen molar-refractivity contribution in [3.8, 4) is 5.75 Å². The van der Waals surface area contributed by atoms with Gasteiger partial charge in [0.05, 0.1) is 18.5 Å². The van der Waals surface area contributed by atoms with Gasteiger partial charge in [0.2, 0.25) is 11.8 Å². The largest absolute Gasteiger partial charge is 0.495 e. The smallest absolute Gasteiger partial charge is 0.328 e. The lowest BCUT2D eigenvalue weighted by Crippen LogP contribution is -2.55. The highest BCUT2D eigenvalue weighted by atomic mass is 16.5. The van der Waals surface area contributed by atoms with E-state index in [0.29, 0.717) is 48.1 Å². The molecule has 2 aliphatic heterocycles. The molecule has 13 nitrogen and oxygen atoms in total. The van der Waals surface area contributed by atoms with Gasteiger partial charge in [-0.25, -0.2) is 9.78 Å². The van der Waals surface area contributed by atoms with Crippen molar-refractivity contribution in [2.45, 2.75) is 141 Å². The molecule has 4 aliphatic rings. The molecule has 0 spiro atoms. The third-order valence-electron chi connectivity index (χ3n) is 12.0. The molecule has 1 aromatic heterocycles. The number of anilines is 4. The van der Waals surface area contributed by atoms with E-state index in [0.717, 1.165) is 102 Å². The molecule has 0 bridgehead atoms. The number of piperidine rings is 1. The second-order valence-electron chi connectivity index (χ2n) is 16.5. The standard InChI is InChI=1S/C43H63N7O6/c1-6-35-42(53)48(4)36-19-20-38(47-40(36)50(35)31-12-7-8-13-31)45-33-18-17-29(27-37(33)55-5)41(52)44-30-21-24-49(25-22-30)23-11-16-39(51)46-34(26-28(2)3)43(54)56-32-14-9-10-15-32/h17-20,27-28,30-32,34-35H,6-16,21-26H2,1-5H3,(H,44,52)(H,45,47)(H,46,51)/t34-,35+/m0/s1. The molecule has 2 aromatic rings. The minimum absolute atomic E-state index is 0.0169. The number of fused-ring (bicyclic) bond motifs is 1. The summed E-state index contributed by atoms with van der Waals surface area (Å²) in [5.41, 5.74) is 2.02. The summed E-state index contributed by atoms with van der Waals surface area (Å²) in [5.74, 6) is 1.80. The monoisotopic (exact) mass is 773 g/mol. The maximum atomic E-state index is 13.4. The van der Waals surface area contributed by atoms with Crippen LogP contribution in [0.4, 0.5) is 23.0 Å². The van der Waals surface area contributed by atoms with Gasteiger partial charge in [0.1, 0.15) is 29.8 Å². The van der Waals surface area contributed by atoms with E-state index in [2.05, 4.69) is 32.7 Å². The summed E-state index contributed by atoms with van der Waals surface area (Å²) in [6, 6.07) is 8.73. The molecule has 13 heteroatoms. The topological polar surface area (TPSA) is 145 Å². The summed E-state index contributed by atoms with van der Waals surface area (Å²) in [5, 5.41) is 9.56. The Kier molecular flexibility index (Phi) is 14.1. The molecule has 3 heterocycles. The third kappa shape index (κ3) is 10.1. The van der Waals surface area contributed by atoms with Gasteiger partial charge in [-0.2, -0.15) is 0 Å². The lowest BCUT2D eigenvalue weighted by Gasteiger charge is -2.43. The fourth-order valence-electron chi connectivity index (χ4n) is 8.86. The van der Waals surface area contributed by atoms with Crippen molar-refractivity contribution in [1.29, 1.82) is 0 Å². The van der Waals surface area contributed by atoms with Gasteiger partial charge in [-0.1, -0.05) is 33.6 Å². The molecule has 2 saturated carbocycles. The average Bonchev–Trinajstić information content (AvgIpc) is 3.92. The molecule has 306 valence electrons. The number of nitrogens with one attached hydrogen (secondary N) is 3. The van der Waals surface area contributed by atoms with Gasteiger partial charge in [0, 0.05) is 44.2 Å². The number of pyridine rings is 1. The van der Waals surface area contributed by atoms with Crippen LogP contribution in [0, 0.1) is 5.92 Å². The summed E-state index contributed by atoms with van der Waals surface area (Å²) in [6.45, 7) is 8.60. The number of likely N-dealkylation sites (tertiary alicyclic amines) is 1. The Balaban J connectivity index is 0.976. The number of esters is 1. The number of benzene rings is 1. The molecule has 3 fully saturated rings. The van der Waals surface area contributed by atoms with Crippen LogP contribution in [0.2, 0.25) is 0 Å². The quantitative estimate of drug-likeness (QED) is 0.166. The van der Waals surface area contributed by atoms with Crippen LogP contribution >= 0.6 is 0 Å². The Morgan fingerprint density at radius 1 is 0.964 bits per heavy atom. The molecule has 1 aromatic carbocycles. The SMILES string of the molecule is CC[C@@H]1C(=O)N(C)c2ccc(Nc3ccc(C(=O)NC4CCN(CCCC(=O)N[C@@H](CC(C)C)C(=O)OC5CCCC5)CC4)cc3OC)nc2N1C1CCCC1. The van der Waals surface area contributed by atoms with Crippen molar-refractivity contribution < 1.29 is 28.7 Å². The van der Waals surface area contributed by atoms with E-state index in [1.54, 1.807) is 24.1 Å². The molecule has 2 aliphatic carbocycles. The number of ether oxygens (including phenoxy) is 2. The molecule has 0 unspecified atom stereocenters. The summed E-state index contributed by atoms with van der Waals surface area (Å²) in [7, 11) is 3.42. The first kappa shape index (κ1) is 41.2. The number of amides is 3. The van der Waals surface area contributed by atoms with Crippen molar-refractivity contribution in [2.75, 3.05) is 48.9 Å². The van der Waals surface area contributed by atoms with Crippen molar-refractivity contribution in [1.82, 2.24) is 20.5 Å². The zero-order valence-corrected chi connectivity index (χ0v) is 34.1. The van der Waals surface area contributed by atoms with Crippen molar-refractivity contribution in [2.24, 2.45) is 5.92 Å². The number of aromatic nitrogens is 1. The molecular weight excluding hydrogens is 711 g/mol. The normalized spacial score (nSPS) is 20.2. The Morgan fingerprint density at radius 2 is 1.68 bits per heavy atom. The fraction of sp³-hybridized carbons (Fsp3) is 0.651. The van der Waals surface area contributed by atoms with E-state index in [4.69, 9.17) is 14.5 Å². The number of likely N-dealkylation sites (N-methyl/N-ethyl adjacent to an activating group) is 1. The molecule has 3 N–H and O–H groups in total. The lowest BCUT2D eigenvalue weighted by molar-refractivity contribution is -0.153. The number of hydrogen-bond acceptors (Lipinski definition) is 10. The number of nitrogens with zero attached hydrogens (tertiary/aromatic N) is 4. The predicted octanol–water partition coefficient (Wildman–Crippen LogP) is 6.33. The molecule has 1 saturated heterocycles.